The summed E-state index contributed by atoms with van der Waals surface area (Å²) in [6.07, 6.45) is 0.778. The van der Waals surface area contributed by atoms with E-state index < -0.39 is 0 Å². The van der Waals surface area contributed by atoms with E-state index in [1.165, 1.54) is 17.7 Å². The smallest absolute Gasteiger partial charge is 0.268 e. The summed E-state index contributed by atoms with van der Waals surface area (Å²) in [6.45, 7) is 2.43. The molecule has 4 heteroatoms. The number of aromatic nitrogens is 1. The summed E-state index contributed by atoms with van der Waals surface area (Å²) in [6, 6.07) is 14.5. The Bertz CT molecular complexity index is 809. The molecule has 3 nitrogen and oxygen atoms in total. The average Bonchev–Trinajstić information content (AvgIpc) is 2.84. The second-order valence-electron chi connectivity index (χ2n) is 5.31. The summed E-state index contributed by atoms with van der Waals surface area (Å²) in [5.41, 5.74) is 3.16. The third-order valence-electron chi connectivity index (χ3n) is 3.79. The minimum absolute atomic E-state index is 0.162. The van der Waals surface area contributed by atoms with Crippen molar-refractivity contribution in [2.45, 2.75) is 13.3 Å². The minimum atomic E-state index is -0.315. The fourth-order valence-electron chi connectivity index (χ4n) is 2.59. The van der Waals surface area contributed by atoms with Crippen LogP contribution >= 0.6 is 0 Å². The van der Waals surface area contributed by atoms with Crippen LogP contribution in [0.2, 0.25) is 0 Å². The number of rotatable bonds is 4. The highest BCUT2D eigenvalue weighted by Gasteiger charge is 2.14. The molecule has 3 aromatic rings. The number of nitrogens with one attached hydrogen (secondary N) is 2. The van der Waals surface area contributed by atoms with Crippen molar-refractivity contribution >= 4 is 16.8 Å². The first-order valence-corrected chi connectivity index (χ1v) is 7.25. The highest BCUT2D eigenvalue weighted by atomic mass is 19.1. The van der Waals surface area contributed by atoms with Crippen LogP contribution in [-0.4, -0.2) is 17.4 Å². The summed E-state index contributed by atoms with van der Waals surface area (Å²) in [5.74, 6) is -0.477. The third-order valence-corrected chi connectivity index (χ3v) is 3.79. The lowest BCUT2D eigenvalue weighted by Crippen LogP contribution is -2.26. The lowest BCUT2D eigenvalue weighted by molar-refractivity contribution is 0.0949. The van der Waals surface area contributed by atoms with Crippen molar-refractivity contribution in [3.63, 3.8) is 0 Å². The van der Waals surface area contributed by atoms with Gasteiger partial charge in [0.2, 0.25) is 0 Å². The first-order chi connectivity index (χ1) is 10.6. The fourth-order valence-corrected chi connectivity index (χ4v) is 2.59. The molecule has 2 aromatic carbocycles. The lowest BCUT2D eigenvalue weighted by Gasteiger charge is -2.05. The largest absolute Gasteiger partial charge is 0.350 e. The molecular weight excluding hydrogens is 279 g/mol. The molecule has 1 amide bonds. The van der Waals surface area contributed by atoms with Crippen molar-refractivity contribution in [1.29, 1.82) is 0 Å². The molecule has 2 N–H and O–H groups in total. The van der Waals surface area contributed by atoms with Crippen molar-refractivity contribution in [1.82, 2.24) is 10.3 Å². The number of aromatic amines is 1. The number of carbonyl (C=O) groups is 1. The van der Waals surface area contributed by atoms with E-state index in [0.717, 1.165) is 17.4 Å². The Morgan fingerprint density at radius 1 is 1.18 bits per heavy atom. The Balaban J connectivity index is 1.71. The zero-order valence-corrected chi connectivity index (χ0v) is 12.3. The summed E-state index contributed by atoms with van der Waals surface area (Å²) in [4.78, 5) is 15.3. The summed E-state index contributed by atoms with van der Waals surface area (Å²) < 4.78 is 13.2. The normalized spacial score (nSPS) is 10.8. The Morgan fingerprint density at radius 3 is 2.73 bits per heavy atom. The predicted molar refractivity (Wildman–Crippen MR) is 85.5 cm³/mol. The van der Waals surface area contributed by atoms with Crippen LogP contribution in [0.25, 0.3) is 10.9 Å². The summed E-state index contributed by atoms with van der Waals surface area (Å²) >= 11 is 0. The van der Waals surface area contributed by atoms with Gasteiger partial charge in [0, 0.05) is 17.4 Å². The van der Waals surface area contributed by atoms with Gasteiger partial charge in [0.25, 0.3) is 5.91 Å². The standard InChI is InChI=1S/C18H17FN2O/c1-12-15-8-7-14(19)11-16(15)21-17(12)18(22)20-10-9-13-5-3-2-4-6-13/h2-8,11,21H,9-10H2,1H3,(H,20,22). The molecule has 3 rings (SSSR count). The average molecular weight is 296 g/mol. The number of hydrogen-bond donors (Lipinski definition) is 2. The SMILES string of the molecule is Cc1c(C(=O)NCCc2ccccc2)[nH]c2cc(F)ccc12. The number of fused-ring (bicyclic) bond motifs is 1. The van der Waals surface area contributed by atoms with Crippen molar-refractivity contribution in [2.75, 3.05) is 6.54 Å². The van der Waals surface area contributed by atoms with E-state index in [4.69, 9.17) is 0 Å². The zero-order valence-electron chi connectivity index (χ0n) is 12.3. The molecule has 0 saturated carbocycles. The van der Waals surface area contributed by atoms with Gasteiger partial charge in [-0.3, -0.25) is 4.79 Å². The van der Waals surface area contributed by atoms with E-state index in [1.54, 1.807) is 6.07 Å². The molecule has 1 aromatic heterocycles. The van der Waals surface area contributed by atoms with Gasteiger partial charge in [-0.2, -0.15) is 0 Å². The molecule has 0 radical (unpaired) electrons. The number of hydrogen-bond acceptors (Lipinski definition) is 1. The Morgan fingerprint density at radius 2 is 1.95 bits per heavy atom. The van der Waals surface area contributed by atoms with Crippen LogP contribution in [-0.2, 0) is 6.42 Å². The topological polar surface area (TPSA) is 44.9 Å². The van der Waals surface area contributed by atoms with Crippen molar-refractivity contribution in [3.05, 3.63) is 71.2 Å². The number of H-pyrrole nitrogens is 1. The molecular formula is C18H17FN2O. The number of aryl methyl sites for hydroxylation is 1. The summed E-state index contributed by atoms with van der Waals surface area (Å²) in [7, 11) is 0. The maximum absolute atomic E-state index is 13.2. The molecule has 0 spiro atoms. The van der Waals surface area contributed by atoms with Crippen LogP contribution in [0.1, 0.15) is 21.6 Å². The molecule has 0 fully saturated rings. The van der Waals surface area contributed by atoms with Crippen LogP contribution in [0.3, 0.4) is 0 Å². The predicted octanol–water partition coefficient (Wildman–Crippen LogP) is 3.59. The van der Waals surface area contributed by atoms with Crippen LogP contribution in [0.4, 0.5) is 4.39 Å². The second-order valence-corrected chi connectivity index (χ2v) is 5.31. The first kappa shape index (κ1) is 14.3. The maximum atomic E-state index is 13.2. The monoisotopic (exact) mass is 296 g/mol. The van der Waals surface area contributed by atoms with Gasteiger partial charge in [-0.15, -0.1) is 0 Å². The van der Waals surface area contributed by atoms with Crippen molar-refractivity contribution in [2.24, 2.45) is 0 Å². The molecule has 0 aliphatic heterocycles. The van der Waals surface area contributed by atoms with E-state index in [-0.39, 0.29) is 11.7 Å². The summed E-state index contributed by atoms with van der Waals surface area (Å²) in [5, 5.41) is 3.77. The van der Waals surface area contributed by atoms with E-state index in [1.807, 2.05) is 37.3 Å². The maximum Gasteiger partial charge on any atom is 0.268 e. The highest BCUT2D eigenvalue weighted by Crippen LogP contribution is 2.22. The van der Waals surface area contributed by atoms with E-state index in [2.05, 4.69) is 10.3 Å². The molecule has 0 unspecified atom stereocenters. The van der Waals surface area contributed by atoms with Gasteiger partial charge in [0.15, 0.2) is 0 Å². The Kier molecular flexibility index (Phi) is 3.92. The van der Waals surface area contributed by atoms with Gasteiger partial charge in [-0.1, -0.05) is 30.3 Å². The zero-order chi connectivity index (χ0) is 15.5. The van der Waals surface area contributed by atoms with Crippen molar-refractivity contribution in [3.8, 4) is 0 Å². The first-order valence-electron chi connectivity index (χ1n) is 7.25. The number of amides is 1. The van der Waals surface area contributed by atoms with Crippen LogP contribution in [0.5, 0.6) is 0 Å². The van der Waals surface area contributed by atoms with Crippen molar-refractivity contribution < 1.29 is 9.18 Å². The molecule has 0 atom stereocenters. The Labute approximate surface area is 128 Å². The van der Waals surface area contributed by atoms with Gasteiger partial charge in [-0.25, -0.2) is 4.39 Å². The molecule has 22 heavy (non-hydrogen) atoms. The van der Waals surface area contributed by atoms with Crippen LogP contribution in [0, 0.1) is 12.7 Å². The van der Waals surface area contributed by atoms with Gasteiger partial charge >= 0.3 is 0 Å². The number of benzene rings is 2. The third kappa shape index (κ3) is 2.86. The fraction of sp³-hybridized carbons (Fsp3) is 0.167. The van der Waals surface area contributed by atoms with Gasteiger partial charge in [-0.05, 0) is 42.7 Å². The highest BCUT2D eigenvalue weighted by molar-refractivity contribution is 6.00. The van der Waals surface area contributed by atoms with Gasteiger partial charge in [0.05, 0.1) is 0 Å². The minimum Gasteiger partial charge on any atom is -0.350 e. The second kappa shape index (κ2) is 6.02. The molecule has 0 saturated heterocycles. The molecule has 1 heterocycles. The van der Waals surface area contributed by atoms with Crippen LogP contribution < -0.4 is 5.32 Å². The molecule has 0 aliphatic carbocycles. The number of carbonyl (C=O) groups excluding carboxylic acids is 1. The lowest BCUT2D eigenvalue weighted by atomic mass is 10.1. The number of halogens is 1. The van der Waals surface area contributed by atoms with Crippen LogP contribution in [0.15, 0.2) is 48.5 Å². The molecule has 0 bridgehead atoms. The molecule has 112 valence electrons. The van der Waals surface area contributed by atoms with E-state index >= 15 is 0 Å². The molecule has 0 aliphatic rings. The van der Waals surface area contributed by atoms with Gasteiger partial charge < -0.3 is 10.3 Å². The van der Waals surface area contributed by atoms with E-state index in [9.17, 15) is 9.18 Å². The van der Waals surface area contributed by atoms with E-state index in [0.29, 0.717) is 17.8 Å². The Hall–Kier alpha value is -2.62. The van der Waals surface area contributed by atoms with Gasteiger partial charge in [0.1, 0.15) is 11.5 Å². The quantitative estimate of drug-likeness (QED) is 0.759.